The fraction of sp³-hybridized carbons (Fsp3) is 0.750. The second-order valence-electron chi connectivity index (χ2n) is 2.52. The lowest BCUT2D eigenvalue weighted by molar-refractivity contribution is 0.0992. The molecule has 58 valence electrons. The average Bonchev–Trinajstić information content (AvgIpc) is 1.87. The molecule has 10 heavy (non-hydrogen) atoms. The van der Waals surface area contributed by atoms with Gasteiger partial charge in [-0.1, -0.05) is 13.8 Å². The van der Waals surface area contributed by atoms with E-state index in [4.69, 9.17) is 10.2 Å². The minimum atomic E-state index is -0.675. The highest BCUT2D eigenvalue weighted by atomic mass is 16.3. The normalized spacial score (nSPS) is 12.5. The predicted octanol–water partition coefficient (Wildman–Crippen LogP) is 0.389. The topological polar surface area (TPSA) is 40.5 Å². The molecule has 1 atom stereocenters. The number of aliphatic hydroxyl groups excluding tert-OH is 2. The molecule has 0 aromatic heterocycles. The fourth-order valence-electron chi connectivity index (χ4n) is 0.445. The smallest absolute Gasteiger partial charge is 0.0879 e. The molecule has 0 aliphatic heterocycles. The maximum Gasteiger partial charge on any atom is 0.0879 e. The number of hydrogen-bond acceptors (Lipinski definition) is 2. The summed E-state index contributed by atoms with van der Waals surface area (Å²) in [7, 11) is 0. The Kier molecular flexibility index (Phi) is 5.00. The van der Waals surface area contributed by atoms with Gasteiger partial charge in [0.15, 0.2) is 0 Å². The highest BCUT2D eigenvalue weighted by Crippen LogP contribution is 1.90. The van der Waals surface area contributed by atoms with E-state index >= 15 is 0 Å². The van der Waals surface area contributed by atoms with Gasteiger partial charge in [0.25, 0.3) is 0 Å². The summed E-state index contributed by atoms with van der Waals surface area (Å²) in [6.07, 6.45) is -0.305. The molecule has 2 heteroatoms. The Morgan fingerprint density at radius 1 is 1.40 bits per heavy atom. The van der Waals surface area contributed by atoms with E-state index in [-0.39, 0.29) is 6.61 Å². The monoisotopic (exact) mass is 142 g/mol. The average molecular weight is 142 g/mol. The first kappa shape index (κ1) is 9.48. The Bertz CT molecular complexity index is 130. The minimum absolute atomic E-state index is 0.202. The van der Waals surface area contributed by atoms with Gasteiger partial charge in [0, 0.05) is 12.3 Å². The van der Waals surface area contributed by atoms with Crippen LogP contribution in [0.25, 0.3) is 0 Å². The molecule has 0 aliphatic carbocycles. The number of aliphatic hydroxyl groups is 2. The molecule has 0 aromatic rings. The van der Waals surface area contributed by atoms with Crippen molar-refractivity contribution in [3.8, 4) is 11.8 Å². The SMILES string of the molecule is CC(C)C#CCC(O)CO. The molecule has 0 aromatic carbocycles. The van der Waals surface area contributed by atoms with Gasteiger partial charge >= 0.3 is 0 Å². The molecule has 2 N–H and O–H groups in total. The first-order chi connectivity index (χ1) is 4.66. The summed E-state index contributed by atoms with van der Waals surface area (Å²) in [6, 6.07) is 0. The maximum atomic E-state index is 8.82. The second kappa shape index (κ2) is 5.28. The molecular formula is C8H14O2. The van der Waals surface area contributed by atoms with Gasteiger partial charge in [-0.2, -0.15) is 0 Å². The van der Waals surface area contributed by atoms with E-state index in [1.165, 1.54) is 0 Å². The van der Waals surface area contributed by atoms with Gasteiger partial charge in [-0.25, -0.2) is 0 Å². The molecule has 0 spiro atoms. The molecule has 0 radical (unpaired) electrons. The third-order valence-electron chi connectivity index (χ3n) is 0.939. The van der Waals surface area contributed by atoms with Gasteiger partial charge in [0.05, 0.1) is 12.7 Å². The Labute approximate surface area is 61.9 Å². The van der Waals surface area contributed by atoms with Gasteiger partial charge in [-0.3, -0.25) is 0 Å². The van der Waals surface area contributed by atoms with E-state index in [0.29, 0.717) is 12.3 Å². The molecule has 0 amide bonds. The first-order valence-electron chi connectivity index (χ1n) is 3.44. The van der Waals surface area contributed by atoms with Crippen LogP contribution in [0, 0.1) is 17.8 Å². The summed E-state index contributed by atoms with van der Waals surface area (Å²) < 4.78 is 0. The molecule has 1 unspecified atom stereocenters. The molecule has 0 bridgehead atoms. The lowest BCUT2D eigenvalue weighted by Gasteiger charge is -1.98. The zero-order valence-electron chi connectivity index (χ0n) is 6.46. The van der Waals surface area contributed by atoms with Gasteiger partial charge in [0.1, 0.15) is 0 Å². The van der Waals surface area contributed by atoms with Gasteiger partial charge in [0.2, 0.25) is 0 Å². The van der Waals surface area contributed by atoms with E-state index in [9.17, 15) is 0 Å². The van der Waals surface area contributed by atoms with E-state index in [2.05, 4.69) is 11.8 Å². The highest BCUT2D eigenvalue weighted by Gasteiger charge is 1.96. The van der Waals surface area contributed by atoms with Crippen molar-refractivity contribution in [3.05, 3.63) is 0 Å². The Hall–Kier alpha value is -0.520. The minimum Gasteiger partial charge on any atom is -0.394 e. The summed E-state index contributed by atoms with van der Waals surface area (Å²) in [5.74, 6) is 6.00. The van der Waals surface area contributed by atoms with E-state index in [0.717, 1.165) is 0 Å². The highest BCUT2D eigenvalue weighted by molar-refractivity contribution is 5.02. The molecular weight excluding hydrogens is 128 g/mol. The van der Waals surface area contributed by atoms with Crippen molar-refractivity contribution in [2.45, 2.75) is 26.4 Å². The molecule has 2 nitrogen and oxygen atoms in total. The summed E-state index contributed by atoms with van der Waals surface area (Å²) >= 11 is 0. The zero-order valence-corrected chi connectivity index (χ0v) is 6.46. The van der Waals surface area contributed by atoms with Crippen LogP contribution in [-0.2, 0) is 0 Å². The molecule has 0 saturated heterocycles. The third kappa shape index (κ3) is 5.61. The van der Waals surface area contributed by atoms with Crippen LogP contribution in [0.15, 0.2) is 0 Å². The summed E-state index contributed by atoms with van der Waals surface area (Å²) in [4.78, 5) is 0. The van der Waals surface area contributed by atoms with Crippen molar-refractivity contribution in [2.75, 3.05) is 6.61 Å². The van der Waals surface area contributed by atoms with Crippen molar-refractivity contribution in [1.29, 1.82) is 0 Å². The number of hydrogen-bond donors (Lipinski definition) is 2. The summed E-state index contributed by atoms with van der Waals surface area (Å²) in [6.45, 7) is 3.77. The van der Waals surface area contributed by atoms with Crippen LogP contribution < -0.4 is 0 Å². The lowest BCUT2D eigenvalue weighted by atomic mass is 10.2. The Balaban J connectivity index is 3.45. The van der Waals surface area contributed by atoms with Crippen molar-refractivity contribution < 1.29 is 10.2 Å². The standard InChI is InChI=1S/C8H14O2/c1-7(2)4-3-5-8(10)6-9/h7-10H,5-6H2,1-2H3. The molecule has 0 saturated carbocycles. The van der Waals surface area contributed by atoms with E-state index in [1.807, 2.05) is 13.8 Å². The number of rotatable bonds is 2. The molecule has 0 heterocycles. The first-order valence-corrected chi connectivity index (χ1v) is 3.44. The van der Waals surface area contributed by atoms with E-state index < -0.39 is 6.10 Å². The molecule has 0 fully saturated rings. The summed E-state index contributed by atoms with van der Waals surface area (Å²) in [5.41, 5.74) is 0. The van der Waals surface area contributed by atoms with Crippen LogP contribution in [0.5, 0.6) is 0 Å². The van der Waals surface area contributed by atoms with Crippen LogP contribution in [0.2, 0.25) is 0 Å². The fourth-order valence-corrected chi connectivity index (χ4v) is 0.445. The molecule has 0 aliphatic rings. The van der Waals surface area contributed by atoms with Gasteiger partial charge in [-0.15, -0.1) is 11.8 Å². The van der Waals surface area contributed by atoms with E-state index in [1.54, 1.807) is 0 Å². The third-order valence-corrected chi connectivity index (χ3v) is 0.939. The zero-order chi connectivity index (χ0) is 7.98. The van der Waals surface area contributed by atoms with Crippen LogP contribution in [0.3, 0.4) is 0 Å². The van der Waals surface area contributed by atoms with Gasteiger partial charge in [-0.05, 0) is 0 Å². The Morgan fingerprint density at radius 2 is 2.00 bits per heavy atom. The molecule has 0 rings (SSSR count). The Morgan fingerprint density at radius 3 is 2.40 bits per heavy atom. The van der Waals surface area contributed by atoms with Crippen molar-refractivity contribution in [2.24, 2.45) is 5.92 Å². The second-order valence-corrected chi connectivity index (χ2v) is 2.52. The maximum absolute atomic E-state index is 8.82. The van der Waals surface area contributed by atoms with Crippen molar-refractivity contribution in [1.82, 2.24) is 0 Å². The van der Waals surface area contributed by atoms with Crippen molar-refractivity contribution >= 4 is 0 Å². The summed E-state index contributed by atoms with van der Waals surface area (Å²) in [5, 5.41) is 17.2. The quantitative estimate of drug-likeness (QED) is 0.547. The predicted molar refractivity (Wildman–Crippen MR) is 40.3 cm³/mol. The van der Waals surface area contributed by atoms with Crippen LogP contribution in [0.1, 0.15) is 20.3 Å². The van der Waals surface area contributed by atoms with Gasteiger partial charge < -0.3 is 10.2 Å². The van der Waals surface area contributed by atoms with Crippen LogP contribution >= 0.6 is 0 Å². The lowest BCUT2D eigenvalue weighted by Crippen LogP contribution is -2.09. The van der Waals surface area contributed by atoms with Crippen molar-refractivity contribution in [3.63, 3.8) is 0 Å². The van der Waals surface area contributed by atoms with Crippen LogP contribution in [0.4, 0.5) is 0 Å². The van der Waals surface area contributed by atoms with Crippen LogP contribution in [-0.4, -0.2) is 22.9 Å². The largest absolute Gasteiger partial charge is 0.394 e.